The van der Waals surface area contributed by atoms with Crippen molar-refractivity contribution in [3.8, 4) is 5.75 Å². The second kappa shape index (κ2) is 7.54. The molecule has 122 valence electrons. The molecule has 2 rings (SSSR count). The number of alkyl halides is 2. The maximum Gasteiger partial charge on any atom is 0.387 e. The molecule has 2 aromatic rings. The van der Waals surface area contributed by atoms with Crippen LogP contribution in [0.15, 0.2) is 35.7 Å². The van der Waals surface area contributed by atoms with Crippen molar-refractivity contribution in [2.75, 3.05) is 5.32 Å². The number of carbonyl (C=O) groups excluding carboxylic acids is 2. The summed E-state index contributed by atoms with van der Waals surface area (Å²) in [5.41, 5.74) is 6.22. The molecule has 0 fully saturated rings. The minimum atomic E-state index is -2.99. The third-order valence-electron chi connectivity index (χ3n) is 2.70. The van der Waals surface area contributed by atoms with Crippen LogP contribution in [0.2, 0.25) is 0 Å². The molecule has 23 heavy (non-hydrogen) atoms. The van der Waals surface area contributed by atoms with Crippen molar-refractivity contribution < 1.29 is 23.1 Å². The summed E-state index contributed by atoms with van der Waals surface area (Å²) in [5, 5.41) is 6.50. The van der Waals surface area contributed by atoms with E-state index in [1.807, 2.05) is 0 Å². The lowest BCUT2D eigenvalue weighted by atomic mass is 10.2. The molecule has 0 aliphatic heterocycles. The van der Waals surface area contributed by atoms with Gasteiger partial charge in [0, 0.05) is 12.2 Å². The highest BCUT2D eigenvalue weighted by Crippen LogP contribution is 2.26. The molecular formula is C14H13F2N3O3S. The summed E-state index contributed by atoms with van der Waals surface area (Å²) in [7, 11) is 0. The van der Waals surface area contributed by atoms with Gasteiger partial charge in [-0.2, -0.15) is 8.78 Å². The van der Waals surface area contributed by atoms with E-state index in [1.165, 1.54) is 11.4 Å². The monoisotopic (exact) mass is 341 g/mol. The van der Waals surface area contributed by atoms with Crippen LogP contribution in [0.5, 0.6) is 5.75 Å². The fourth-order valence-corrected chi connectivity index (χ4v) is 2.55. The van der Waals surface area contributed by atoms with Gasteiger partial charge in [0.2, 0.25) is 0 Å². The van der Waals surface area contributed by atoms with E-state index in [-0.39, 0.29) is 17.2 Å². The molecule has 1 aromatic carbocycles. The van der Waals surface area contributed by atoms with Crippen LogP contribution in [-0.4, -0.2) is 18.5 Å². The molecule has 0 aliphatic carbocycles. The summed E-state index contributed by atoms with van der Waals surface area (Å²) >= 11 is 1.00. The summed E-state index contributed by atoms with van der Waals surface area (Å²) in [6, 6.07) is 7.31. The Morgan fingerprint density at radius 1 is 1.30 bits per heavy atom. The Bertz CT molecular complexity index is 706. The van der Waals surface area contributed by atoms with Crippen LogP contribution in [0.25, 0.3) is 0 Å². The number of nitrogens with one attached hydrogen (secondary N) is 2. The lowest BCUT2D eigenvalue weighted by molar-refractivity contribution is -0.0498. The first-order chi connectivity index (χ1) is 11.0. The van der Waals surface area contributed by atoms with Gasteiger partial charge in [-0.15, -0.1) is 11.3 Å². The van der Waals surface area contributed by atoms with Crippen LogP contribution >= 0.6 is 11.3 Å². The van der Waals surface area contributed by atoms with Gasteiger partial charge in [0.05, 0.1) is 0 Å². The zero-order valence-corrected chi connectivity index (χ0v) is 12.5. The number of ether oxygens (including phenoxy) is 1. The molecule has 0 spiro atoms. The molecule has 0 aliphatic rings. The number of halogens is 2. The smallest absolute Gasteiger partial charge is 0.387 e. The summed E-state index contributed by atoms with van der Waals surface area (Å²) in [4.78, 5) is 22.9. The molecule has 0 radical (unpaired) electrons. The third kappa shape index (κ3) is 4.92. The fraction of sp³-hybridized carbons (Fsp3) is 0.143. The number of carbonyl (C=O) groups is 2. The van der Waals surface area contributed by atoms with Crippen LogP contribution in [-0.2, 0) is 6.54 Å². The minimum Gasteiger partial charge on any atom is -0.433 e. The van der Waals surface area contributed by atoms with Crippen LogP contribution in [0.1, 0.15) is 15.2 Å². The Morgan fingerprint density at radius 3 is 2.78 bits per heavy atom. The zero-order valence-electron chi connectivity index (χ0n) is 11.7. The topological polar surface area (TPSA) is 93.5 Å². The van der Waals surface area contributed by atoms with E-state index in [0.29, 0.717) is 11.3 Å². The predicted octanol–water partition coefficient (Wildman–Crippen LogP) is 2.77. The van der Waals surface area contributed by atoms with Crippen molar-refractivity contribution >= 4 is 29.0 Å². The van der Waals surface area contributed by atoms with Crippen molar-refractivity contribution in [3.63, 3.8) is 0 Å². The summed E-state index contributed by atoms with van der Waals surface area (Å²) < 4.78 is 28.8. The Morgan fingerprint density at radius 2 is 2.09 bits per heavy atom. The Labute approximate surface area is 134 Å². The summed E-state index contributed by atoms with van der Waals surface area (Å²) in [6.07, 6.45) is 0. The molecule has 6 nitrogen and oxygen atoms in total. The third-order valence-corrected chi connectivity index (χ3v) is 3.59. The van der Waals surface area contributed by atoms with E-state index >= 15 is 0 Å². The number of primary amides is 1. The molecule has 3 amide bonds. The van der Waals surface area contributed by atoms with Crippen molar-refractivity contribution in [2.45, 2.75) is 13.2 Å². The average Bonchev–Trinajstić information content (AvgIpc) is 2.92. The van der Waals surface area contributed by atoms with Crippen molar-refractivity contribution in [3.05, 3.63) is 46.2 Å². The minimum absolute atomic E-state index is 0.0664. The van der Waals surface area contributed by atoms with Gasteiger partial charge in [0.1, 0.15) is 10.6 Å². The largest absolute Gasteiger partial charge is 0.433 e. The highest BCUT2D eigenvalue weighted by Gasteiger charge is 2.17. The number of hydrogen-bond acceptors (Lipinski definition) is 4. The number of hydrogen-bond donors (Lipinski definition) is 3. The van der Waals surface area contributed by atoms with Crippen LogP contribution in [0.3, 0.4) is 0 Å². The molecule has 9 heteroatoms. The van der Waals surface area contributed by atoms with E-state index in [1.54, 1.807) is 24.3 Å². The van der Waals surface area contributed by atoms with Crippen molar-refractivity contribution in [1.82, 2.24) is 5.32 Å². The number of urea groups is 1. The molecule has 4 N–H and O–H groups in total. The SMILES string of the molecule is NC(=O)Nc1cccc(CNC(=O)c2sccc2OC(F)F)c1. The van der Waals surface area contributed by atoms with Gasteiger partial charge in [0.15, 0.2) is 0 Å². The van der Waals surface area contributed by atoms with Gasteiger partial charge in [-0.25, -0.2) is 4.79 Å². The van der Waals surface area contributed by atoms with Crippen LogP contribution in [0.4, 0.5) is 19.3 Å². The van der Waals surface area contributed by atoms with Crippen LogP contribution < -0.4 is 21.1 Å². The Hall–Kier alpha value is -2.68. The highest BCUT2D eigenvalue weighted by atomic mass is 32.1. The van der Waals surface area contributed by atoms with Crippen molar-refractivity contribution in [2.24, 2.45) is 5.73 Å². The normalized spacial score (nSPS) is 10.4. The molecule has 0 unspecified atom stereocenters. The number of thiophene rings is 1. The maximum atomic E-state index is 12.2. The first kappa shape index (κ1) is 16.7. The molecule has 0 bridgehead atoms. The quantitative estimate of drug-likeness (QED) is 0.754. The van der Waals surface area contributed by atoms with E-state index < -0.39 is 18.5 Å². The molecular weight excluding hydrogens is 328 g/mol. The first-order valence-electron chi connectivity index (χ1n) is 6.41. The fourth-order valence-electron chi connectivity index (χ4n) is 1.82. The second-order valence-electron chi connectivity index (χ2n) is 4.36. The van der Waals surface area contributed by atoms with Gasteiger partial charge in [-0.3, -0.25) is 4.79 Å². The highest BCUT2D eigenvalue weighted by molar-refractivity contribution is 7.12. The standard InChI is InChI=1S/C14H13F2N3O3S/c15-13(16)22-10-4-5-23-11(10)12(20)18-7-8-2-1-3-9(6-8)19-14(17)21/h1-6,13H,7H2,(H,18,20)(H3,17,19,21). The molecule has 0 saturated carbocycles. The van der Waals surface area contributed by atoms with Crippen LogP contribution in [0, 0.1) is 0 Å². The van der Waals surface area contributed by atoms with Gasteiger partial charge in [-0.1, -0.05) is 12.1 Å². The lowest BCUT2D eigenvalue weighted by Crippen LogP contribution is -2.23. The van der Waals surface area contributed by atoms with Crippen molar-refractivity contribution in [1.29, 1.82) is 0 Å². The van der Waals surface area contributed by atoms with Gasteiger partial charge in [0.25, 0.3) is 5.91 Å². The maximum absolute atomic E-state index is 12.2. The zero-order chi connectivity index (χ0) is 16.8. The number of nitrogens with two attached hydrogens (primary N) is 1. The van der Waals surface area contributed by atoms with E-state index in [0.717, 1.165) is 11.3 Å². The predicted molar refractivity (Wildman–Crippen MR) is 81.8 cm³/mol. The molecule has 1 aromatic heterocycles. The van der Waals surface area contributed by atoms with Gasteiger partial charge < -0.3 is 21.1 Å². The Kier molecular flexibility index (Phi) is 5.47. The first-order valence-corrected chi connectivity index (χ1v) is 7.29. The number of anilines is 1. The van der Waals surface area contributed by atoms with E-state index in [2.05, 4.69) is 15.4 Å². The summed E-state index contributed by atoms with van der Waals surface area (Å²) in [6.45, 7) is -2.84. The molecule has 0 saturated heterocycles. The van der Waals surface area contributed by atoms with Gasteiger partial charge >= 0.3 is 12.6 Å². The van der Waals surface area contributed by atoms with E-state index in [4.69, 9.17) is 5.73 Å². The Balaban J connectivity index is 1.99. The number of benzene rings is 1. The lowest BCUT2D eigenvalue weighted by Gasteiger charge is -2.08. The molecule has 1 heterocycles. The van der Waals surface area contributed by atoms with E-state index in [9.17, 15) is 18.4 Å². The number of amides is 3. The van der Waals surface area contributed by atoms with Gasteiger partial charge in [-0.05, 0) is 29.1 Å². The summed E-state index contributed by atoms with van der Waals surface area (Å²) in [5.74, 6) is -0.685. The second-order valence-corrected chi connectivity index (χ2v) is 5.28. The number of rotatable bonds is 6. The molecule has 0 atom stereocenters. The average molecular weight is 341 g/mol.